The highest BCUT2D eigenvalue weighted by Crippen LogP contribution is 2.34. The summed E-state index contributed by atoms with van der Waals surface area (Å²) in [6.45, 7) is 5.68. The molecule has 1 aromatic rings. The number of aryl methyl sites for hydroxylation is 1. The maximum Gasteiger partial charge on any atom is 0.416 e. The van der Waals surface area contributed by atoms with E-state index in [1.807, 2.05) is 0 Å². The van der Waals surface area contributed by atoms with Gasteiger partial charge in [-0.05, 0) is 37.0 Å². The smallest absolute Gasteiger partial charge is 0.335 e. The maximum absolute atomic E-state index is 12.9. The number of amidine groups is 1. The van der Waals surface area contributed by atoms with Gasteiger partial charge in [-0.2, -0.15) is 13.2 Å². The number of benzene rings is 1. The molecule has 0 saturated carbocycles. The highest BCUT2D eigenvalue weighted by molar-refractivity contribution is 8.14. The Labute approximate surface area is 127 Å². The van der Waals surface area contributed by atoms with Gasteiger partial charge in [-0.3, -0.25) is 4.99 Å². The van der Waals surface area contributed by atoms with Crippen LogP contribution in [0.5, 0.6) is 0 Å². The third-order valence-electron chi connectivity index (χ3n) is 3.50. The molecule has 1 aliphatic rings. The zero-order chi connectivity index (χ0) is 15.6. The van der Waals surface area contributed by atoms with Crippen LogP contribution in [0.25, 0.3) is 0 Å². The van der Waals surface area contributed by atoms with E-state index in [9.17, 15) is 13.2 Å². The molecular formula is C15H19F3N2S. The van der Waals surface area contributed by atoms with E-state index in [0.717, 1.165) is 18.2 Å². The third-order valence-corrected chi connectivity index (χ3v) is 4.42. The van der Waals surface area contributed by atoms with Crippen molar-refractivity contribution in [2.45, 2.75) is 39.4 Å². The van der Waals surface area contributed by atoms with Crippen molar-refractivity contribution < 1.29 is 13.2 Å². The molecule has 0 spiro atoms. The SMILES string of the molecule is Cc1ccc(NC2=NC(C(C)C)CCS2)cc1C(F)(F)F. The van der Waals surface area contributed by atoms with Crippen LogP contribution in [0.4, 0.5) is 18.9 Å². The molecule has 0 fully saturated rings. The zero-order valence-corrected chi connectivity index (χ0v) is 13.1. The second-order valence-corrected chi connectivity index (χ2v) is 6.62. The van der Waals surface area contributed by atoms with Crippen LogP contribution >= 0.6 is 11.8 Å². The lowest BCUT2D eigenvalue weighted by atomic mass is 10.0. The minimum Gasteiger partial charge on any atom is -0.335 e. The molecule has 1 aromatic carbocycles. The molecule has 6 heteroatoms. The van der Waals surface area contributed by atoms with E-state index in [4.69, 9.17) is 0 Å². The predicted octanol–water partition coefficient (Wildman–Crippen LogP) is 4.94. The number of anilines is 1. The number of nitrogens with one attached hydrogen (secondary N) is 1. The van der Waals surface area contributed by atoms with Crippen molar-refractivity contribution >= 4 is 22.6 Å². The van der Waals surface area contributed by atoms with Crippen molar-refractivity contribution in [2.24, 2.45) is 10.9 Å². The second-order valence-electron chi connectivity index (χ2n) is 5.54. The summed E-state index contributed by atoms with van der Waals surface area (Å²) in [5.41, 5.74) is 0.0595. The predicted molar refractivity (Wildman–Crippen MR) is 82.9 cm³/mol. The fourth-order valence-corrected chi connectivity index (χ4v) is 3.16. The van der Waals surface area contributed by atoms with Gasteiger partial charge in [0.25, 0.3) is 0 Å². The number of hydrogen-bond acceptors (Lipinski definition) is 3. The fraction of sp³-hybridized carbons (Fsp3) is 0.533. The average molecular weight is 316 g/mol. The van der Waals surface area contributed by atoms with Crippen molar-refractivity contribution in [1.82, 2.24) is 0 Å². The number of aliphatic imine (C=N–C) groups is 1. The molecule has 0 bridgehead atoms. The monoisotopic (exact) mass is 316 g/mol. The molecule has 0 radical (unpaired) electrons. The molecule has 21 heavy (non-hydrogen) atoms. The van der Waals surface area contributed by atoms with Crippen molar-refractivity contribution in [3.63, 3.8) is 0 Å². The van der Waals surface area contributed by atoms with Gasteiger partial charge in [-0.15, -0.1) is 0 Å². The van der Waals surface area contributed by atoms with Crippen molar-refractivity contribution in [2.75, 3.05) is 11.1 Å². The molecule has 1 N–H and O–H groups in total. The van der Waals surface area contributed by atoms with Crippen LogP contribution < -0.4 is 5.32 Å². The summed E-state index contributed by atoms with van der Waals surface area (Å²) >= 11 is 1.55. The molecule has 2 nitrogen and oxygen atoms in total. The first-order chi connectivity index (χ1) is 9.77. The van der Waals surface area contributed by atoms with E-state index in [1.54, 1.807) is 17.8 Å². The molecule has 1 unspecified atom stereocenters. The van der Waals surface area contributed by atoms with Crippen molar-refractivity contribution in [3.05, 3.63) is 29.3 Å². The van der Waals surface area contributed by atoms with Crippen molar-refractivity contribution in [3.8, 4) is 0 Å². The highest BCUT2D eigenvalue weighted by atomic mass is 32.2. The summed E-state index contributed by atoms with van der Waals surface area (Å²) in [4.78, 5) is 4.58. The Bertz CT molecular complexity index is 538. The lowest BCUT2D eigenvalue weighted by Gasteiger charge is -2.23. The molecule has 116 valence electrons. The number of hydrogen-bond donors (Lipinski definition) is 1. The molecule has 0 amide bonds. The average Bonchev–Trinajstić information content (AvgIpc) is 2.40. The number of halogens is 3. The zero-order valence-electron chi connectivity index (χ0n) is 12.3. The van der Waals surface area contributed by atoms with Gasteiger partial charge in [0.1, 0.15) is 0 Å². The van der Waals surface area contributed by atoms with Gasteiger partial charge >= 0.3 is 6.18 Å². The van der Waals surface area contributed by atoms with Gasteiger partial charge in [0.2, 0.25) is 0 Å². The summed E-state index contributed by atoms with van der Waals surface area (Å²) in [6.07, 6.45) is -3.32. The molecule has 1 heterocycles. The van der Waals surface area contributed by atoms with Gasteiger partial charge in [-0.1, -0.05) is 31.7 Å². The van der Waals surface area contributed by atoms with Crippen LogP contribution in [0.2, 0.25) is 0 Å². The van der Waals surface area contributed by atoms with Crippen LogP contribution in [0.3, 0.4) is 0 Å². The van der Waals surface area contributed by atoms with Crippen molar-refractivity contribution in [1.29, 1.82) is 0 Å². The Morgan fingerprint density at radius 3 is 2.67 bits per heavy atom. The van der Waals surface area contributed by atoms with Crippen LogP contribution in [0.15, 0.2) is 23.2 Å². The first-order valence-corrected chi connectivity index (χ1v) is 7.91. The van der Waals surface area contributed by atoms with Crippen LogP contribution in [0.1, 0.15) is 31.4 Å². The van der Waals surface area contributed by atoms with Crippen LogP contribution in [-0.4, -0.2) is 17.0 Å². The molecule has 0 aliphatic carbocycles. The quantitative estimate of drug-likeness (QED) is 0.835. The van der Waals surface area contributed by atoms with Gasteiger partial charge in [0, 0.05) is 11.4 Å². The largest absolute Gasteiger partial charge is 0.416 e. The van der Waals surface area contributed by atoms with E-state index < -0.39 is 11.7 Å². The number of nitrogens with zero attached hydrogens (tertiary/aromatic N) is 1. The molecular weight excluding hydrogens is 297 g/mol. The van der Waals surface area contributed by atoms with E-state index in [0.29, 0.717) is 16.8 Å². The molecule has 1 aliphatic heterocycles. The Morgan fingerprint density at radius 1 is 1.33 bits per heavy atom. The lowest BCUT2D eigenvalue weighted by molar-refractivity contribution is -0.138. The van der Waals surface area contributed by atoms with Gasteiger partial charge in [-0.25, -0.2) is 0 Å². The Morgan fingerprint density at radius 2 is 2.05 bits per heavy atom. The fourth-order valence-electron chi connectivity index (χ4n) is 2.21. The standard InChI is InChI=1S/C15H19F3N2S/c1-9(2)13-6-7-21-14(20-13)19-11-5-4-10(3)12(8-11)15(16,17)18/h4-5,8-9,13H,6-7H2,1-3H3,(H,19,20). The van der Waals surface area contributed by atoms with Gasteiger partial charge < -0.3 is 5.32 Å². The third kappa shape index (κ3) is 4.15. The van der Waals surface area contributed by atoms with Crippen LogP contribution in [0, 0.1) is 12.8 Å². The van der Waals surface area contributed by atoms with E-state index >= 15 is 0 Å². The minimum atomic E-state index is -4.33. The summed E-state index contributed by atoms with van der Waals surface area (Å²) in [5, 5.41) is 3.72. The van der Waals surface area contributed by atoms with Crippen LogP contribution in [-0.2, 0) is 6.18 Å². The number of alkyl halides is 3. The summed E-state index contributed by atoms with van der Waals surface area (Å²) < 4.78 is 38.7. The van der Waals surface area contributed by atoms with Gasteiger partial charge in [0.05, 0.1) is 11.6 Å². The second kappa shape index (κ2) is 6.30. The minimum absolute atomic E-state index is 0.228. The number of rotatable bonds is 2. The lowest BCUT2D eigenvalue weighted by Crippen LogP contribution is -2.24. The Kier molecular flexibility index (Phi) is 4.86. The first-order valence-electron chi connectivity index (χ1n) is 6.93. The Balaban J connectivity index is 2.20. The van der Waals surface area contributed by atoms with E-state index in [2.05, 4.69) is 24.2 Å². The Hall–Kier alpha value is -1.17. The highest BCUT2D eigenvalue weighted by Gasteiger charge is 2.32. The summed E-state index contributed by atoms with van der Waals surface area (Å²) in [5.74, 6) is 1.37. The molecule has 1 atom stereocenters. The first kappa shape index (κ1) is 16.2. The van der Waals surface area contributed by atoms with Gasteiger partial charge in [0.15, 0.2) is 5.17 Å². The maximum atomic E-state index is 12.9. The normalized spacial score (nSPS) is 19.6. The van der Waals surface area contributed by atoms with E-state index in [1.165, 1.54) is 13.0 Å². The number of thioether (sulfide) groups is 1. The topological polar surface area (TPSA) is 24.4 Å². The summed E-state index contributed by atoms with van der Waals surface area (Å²) in [7, 11) is 0. The molecule has 2 rings (SSSR count). The summed E-state index contributed by atoms with van der Waals surface area (Å²) in [6, 6.07) is 4.53. The van der Waals surface area contributed by atoms with E-state index in [-0.39, 0.29) is 11.6 Å². The molecule has 0 aromatic heterocycles. The molecule has 0 saturated heterocycles.